The molecule has 0 saturated carbocycles. The van der Waals surface area contributed by atoms with Crippen LogP contribution in [0, 0.1) is 5.41 Å². The van der Waals surface area contributed by atoms with Gasteiger partial charge in [-0.25, -0.2) is 0 Å². The van der Waals surface area contributed by atoms with Crippen LogP contribution in [0.25, 0.3) is 0 Å². The largest absolute Gasteiger partial charge is 0.399 e. The van der Waals surface area contributed by atoms with E-state index >= 15 is 0 Å². The molecule has 3 rings (SSSR count). The van der Waals surface area contributed by atoms with Gasteiger partial charge in [-0.15, -0.1) is 0 Å². The highest BCUT2D eigenvalue weighted by Crippen LogP contribution is 2.22. The lowest BCUT2D eigenvalue weighted by Gasteiger charge is -2.13. The molecule has 114 valence electrons. The molecule has 0 heterocycles. The smallest absolute Gasteiger partial charge is 0.193 e. The van der Waals surface area contributed by atoms with Gasteiger partial charge in [0.2, 0.25) is 0 Å². The summed E-state index contributed by atoms with van der Waals surface area (Å²) in [7, 11) is 0. The first-order valence-corrected chi connectivity index (χ1v) is 7.56. The monoisotopic (exact) mass is 302 g/mol. The van der Waals surface area contributed by atoms with Gasteiger partial charge in [0.05, 0.1) is 0 Å². The van der Waals surface area contributed by atoms with Crippen LogP contribution in [0.15, 0.2) is 72.3 Å². The van der Waals surface area contributed by atoms with Gasteiger partial charge < -0.3 is 11.1 Å². The van der Waals surface area contributed by atoms with Gasteiger partial charge >= 0.3 is 0 Å². The van der Waals surface area contributed by atoms with Crippen LogP contribution in [0.2, 0.25) is 0 Å². The minimum atomic E-state index is -0.00364. The molecule has 0 aliphatic heterocycles. The number of hydrogen-bond acceptors (Lipinski definition) is 3. The summed E-state index contributed by atoms with van der Waals surface area (Å²) in [6.07, 6.45) is 7.11. The molecule has 1 aliphatic carbocycles. The number of rotatable bonds is 4. The fraction of sp³-hybridized carbons (Fsp3) is 0.100. The zero-order valence-electron chi connectivity index (χ0n) is 12.8. The predicted octanol–water partition coefficient (Wildman–Crippen LogP) is 3.95. The van der Waals surface area contributed by atoms with Gasteiger partial charge in [0.15, 0.2) is 5.78 Å². The Bertz CT molecular complexity index is 817. The van der Waals surface area contributed by atoms with Crippen LogP contribution in [0.3, 0.4) is 0 Å². The number of anilines is 1. The molecule has 0 fully saturated rings. The Morgan fingerprint density at radius 3 is 2.65 bits per heavy atom. The quantitative estimate of drug-likeness (QED) is 0.663. The van der Waals surface area contributed by atoms with E-state index in [2.05, 4.69) is 0 Å². The first-order chi connectivity index (χ1) is 11.1. The van der Waals surface area contributed by atoms with Gasteiger partial charge in [0.1, 0.15) is 0 Å². The molecular formula is C20H18N2O. The maximum atomic E-state index is 12.8. The highest BCUT2D eigenvalue weighted by atomic mass is 16.1. The fourth-order valence-electron chi connectivity index (χ4n) is 2.72. The molecule has 0 radical (unpaired) electrons. The average molecular weight is 302 g/mol. The maximum Gasteiger partial charge on any atom is 0.193 e. The Hall–Kier alpha value is -2.94. The van der Waals surface area contributed by atoms with Crippen LogP contribution in [0.4, 0.5) is 5.69 Å². The third-order valence-corrected chi connectivity index (χ3v) is 3.83. The Kier molecular flexibility index (Phi) is 4.20. The van der Waals surface area contributed by atoms with Gasteiger partial charge in [-0.2, -0.15) is 0 Å². The molecule has 0 atom stereocenters. The van der Waals surface area contributed by atoms with Crippen molar-refractivity contribution in [3.8, 4) is 0 Å². The lowest BCUT2D eigenvalue weighted by Crippen LogP contribution is -2.08. The van der Waals surface area contributed by atoms with Crippen molar-refractivity contribution in [3.05, 3.63) is 89.0 Å². The van der Waals surface area contributed by atoms with Crippen LogP contribution in [-0.2, 0) is 6.42 Å². The second-order valence-electron chi connectivity index (χ2n) is 5.64. The Balaban J connectivity index is 1.97. The molecule has 0 bridgehead atoms. The number of hydrogen-bond donors (Lipinski definition) is 2. The van der Waals surface area contributed by atoms with E-state index in [0.29, 0.717) is 35.4 Å². The van der Waals surface area contributed by atoms with Gasteiger partial charge in [-0.1, -0.05) is 42.5 Å². The second-order valence-corrected chi connectivity index (χ2v) is 5.64. The molecule has 1 aliphatic rings. The standard InChI is InChI=1S/C20H18N2O/c21-17-8-4-5-14(12-17)11-16-13-18(22)9-10-19(16)20(23)15-6-2-1-3-7-15/h1-7,9-10,12-13,21H,8,11,22H2. The van der Waals surface area contributed by atoms with Gasteiger partial charge in [-0.05, 0) is 41.8 Å². The molecule has 0 amide bonds. The summed E-state index contributed by atoms with van der Waals surface area (Å²) in [6.45, 7) is 0. The molecule has 0 saturated heterocycles. The molecule has 0 spiro atoms. The van der Waals surface area contributed by atoms with Crippen LogP contribution < -0.4 is 5.73 Å². The van der Waals surface area contributed by atoms with Crippen molar-refractivity contribution in [3.63, 3.8) is 0 Å². The molecular weight excluding hydrogens is 284 g/mol. The van der Waals surface area contributed by atoms with E-state index in [0.717, 1.165) is 11.1 Å². The summed E-state index contributed by atoms with van der Waals surface area (Å²) in [6, 6.07) is 14.6. The SMILES string of the molecule is N=C1C=C(Cc2cc(N)ccc2C(=O)c2ccccc2)C=CC1. The fourth-order valence-corrected chi connectivity index (χ4v) is 2.72. The van der Waals surface area contributed by atoms with E-state index in [9.17, 15) is 4.79 Å². The van der Waals surface area contributed by atoms with Crippen molar-refractivity contribution in [1.29, 1.82) is 5.41 Å². The summed E-state index contributed by atoms with van der Waals surface area (Å²) in [5.74, 6) is -0.00364. The summed E-state index contributed by atoms with van der Waals surface area (Å²) in [4.78, 5) is 12.8. The number of nitrogens with one attached hydrogen (secondary N) is 1. The van der Waals surface area contributed by atoms with Crippen LogP contribution in [-0.4, -0.2) is 11.5 Å². The Morgan fingerprint density at radius 1 is 1.13 bits per heavy atom. The maximum absolute atomic E-state index is 12.8. The van der Waals surface area contributed by atoms with Crippen molar-refractivity contribution >= 4 is 17.2 Å². The molecule has 3 heteroatoms. The van der Waals surface area contributed by atoms with Crippen molar-refractivity contribution in [1.82, 2.24) is 0 Å². The van der Waals surface area contributed by atoms with Crippen LogP contribution in [0.1, 0.15) is 27.9 Å². The molecule has 3 nitrogen and oxygen atoms in total. The minimum Gasteiger partial charge on any atom is -0.399 e. The number of nitrogen functional groups attached to an aromatic ring is 1. The highest BCUT2D eigenvalue weighted by molar-refractivity contribution is 6.10. The van der Waals surface area contributed by atoms with E-state index < -0.39 is 0 Å². The van der Waals surface area contributed by atoms with Crippen molar-refractivity contribution in [2.24, 2.45) is 0 Å². The van der Waals surface area contributed by atoms with Crippen LogP contribution >= 0.6 is 0 Å². The lowest BCUT2D eigenvalue weighted by atomic mass is 9.92. The molecule has 0 aromatic heterocycles. The number of ketones is 1. The number of allylic oxidation sites excluding steroid dienone is 4. The molecule has 0 unspecified atom stereocenters. The van der Waals surface area contributed by atoms with E-state index in [1.165, 1.54) is 0 Å². The van der Waals surface area contributed by atoms with Gasteiger partial charge in [0, 0.05) is 28.9 Å². The second kappa shape index (κ2) is 6.44. The summed E-state index contributed by atoms with van der Waals surface area (Å²) in [5.41, 5.74) is 10.4. The van der Waals surface area contributed by atoms with Gasteiger partial charge in [-0.3, -0.25) is 4.79 Å². The summed E-state index contributed by atoms with van der Waals surface area (Å²) >= 11 is 0. The zero-order valence-corrected chi connectivity index (χ0v) is 12.8. The molecule has 2 aromatic carbocycles. The summed E-state index contributed by atoms with van der Waals surface area (Å²) < 4.78 is 0. The number of nitrogens with two attached hydrogens (primary N) is 1. The Morgan fingerprint density at radius 2 is 1.91 bits per heavy atom. The minimum absolute atomic E-state index is 0.00364. The third-order valence-electron chi connectivity index (χ3n) is 3.83. The molecule has 23 heavy (non-hydrogen) atoms. The first kappa shape index (κ1) is 15.0. The highest BCUT2D eigenvalue weighted by Gasteiger charge is 2.15. The lowest BCUT2D eigenvalue weighted by molar-refractivity contribution is 0.103. The van der Waals surface area contributed by atoms with Crippen molar-refractivity contribution < 1.29 is 4.79 Å². The van der Waals surface area contributed by atoms with Crippen molar-refractivity contribution in [2.75, 3.05) is 5.73 Å². The summed E-state index contributed by atoms with van der Waals surface area (Å²) in [5, 5.41) is 7.78. The van der Waals surface area contributed by atoms with E-state index in [1.54, 1.807) is 12.1 Å². The first-order valence-electron chi connectivity index (χ1n) is 7.56. The topological polar surface area (TPSA) is 66.9 Å². The van der Waals surface area contributed by atoms with Gasteiger partial charge in [0.25, 0.3) is 0 Å². The van der Waals surface area contributed by atoms with E-state index in [4.69, 9.17) is 11.1 Å². The number of carbonyl (C=O) groups excluding carboxylic acids is 1. The number of carbonyl (C=O) groups is 1. The third kappa shape index (κ3) is 3.46. The molecule has 3 N–H and O–H groups in total. The zero-order chi connectivity index (χ0) is 16.2. The van der Waals surface area contributed by atoms with Crippen molar-refractivity contribution in [2.45, 2.75) is 12.8 Å². The number of benzene rings is 2. The average Bonchev–Trinajstić information content (AvgIpc) is 2.55. The predicted molar refractivity (Wildman–Crippen MR) is 94.0 cm³/mol. The van der Waals surface area contributed by atoms with E-state index in [-0.39, 0.29) is 5.78 Å². The Labute approximate surface area is 135 Å². The van der Waals surface area contributed by atoms with Crippen LogP contribution in [0.5, 0.6) is 0 Å². The van der Waals surface area contributed by atoms with E-state index in [1.807, 2.05) is 54.6 Å². The normalized spacial score (nSPS) is 13.7. The molecule has 2 aromatic rings.